The number of carbonyl (C=O) groups is 1. The number of aliphatic carboxylic acids is 1. The molecular weight excluding hydrogens is 218 g/mol. The van der Waals surface area contributed by atoms with Crippen molar-refractivity contribution in [3.8, 4) is 0 Å². The lowest BCUT2D eigenvalue weighted by Crippen LogP contribution is -2.20. The van der Waals surface area contributed by atoms with Crippen molar-refractivity contribution in [1.82, 2.24) is 9.97 Å². The van der Waals surface area contributed by atoms with Gasteiger partial charge in [-0.05, 0) is 12.8 Å². The molecule has 1 N–H and O–H groups in total. The van der Waals surface area contributed by atoms with Gasteiger partial charge >= 0.3 is 5.97 Å². The molecule has 0 unspecified atom stereocenters. The molecule has 2 rings (SSSR count). The third-order valence-corrected chi connectivity index (χ3v) is 2.89. The van der Waals surface area contributed by atoms with Crippen LogP contribution >= 0.6 is 0 Å². The topological polar surface area (TPSA) is 66.3 Å². The van der Waals surface area contributed by atoms with Crippen LogP contribution in [0.1, 0.15) is 31.3 Å². The first-order valence-corrected chi connectivity index (χ1v) is 6.02. The molecule has 1 aromatic heterocycles. The van der Waals surface area contributed by atoms with Crippen LogP contribution in [0.3, 0.4) is 0 Å². The lowest BCUT2D eigenvalue weighted by molar-refractivity contribution is -0.136. The van der Waals surface area contributed by atoms with Crippen LogP contribution < -0.4 is 4.90 Å². The van der Waals surface area contributed by atoms with E-state index in [2.05, 4.69) is 14.9 Å². The largest absolute Gasteiger partial charge is 0.481 e. The summed E-state index contributed by atoms with van der Waals surface area (Å²) in [6, 6.07) is 1.80. The van der Waals surface area contributed by atoms with E-state index in [-0.39, 0.29) is 6.42 Å². The fraction of sp³-hybridized carbons (Fsp3) is 0.583. The highest BCUT2D eigenvalue weighted by Gasteiger charge is 2.16. The quantitative estimate of drug-likeness (QED) is 0.851. The zero-order valence-corrected chi connectivity index (χ0v) is 10.0. The number of hydrogen-bond donors (Lipinski definition) is 1. The van der Waals surface area contributed by atoms with Crippen molar-refractivity contribution in [2.45, 2.75) is 32.6 Å². The Hall–Kier alpha value is -1.65. The Morgan fingerprint density at radius 1 is 1.41 bits per heavy atom. The molecule has 1 aliphatic heterocycles. The number of hydrogen-bond acceptors (Lipinski definition) is 4. The number of aryl methyl sites for hydroxylation is 1. The number of rotatable bonds is 4. The van der Waals surface area contributed by atoms with E-state index in [1.807, 2.05) is 6.92 Å². The second-order valence-electron chi connectivity index (χ2n) is 4.25. The van der Waals surface area contributed by atoms with Gasteiger partial charge in [0.1, 0.15) is 11.6 Å². The molecule has 5 heteroatoms. The van der Waals surface area contributed by atoms with E-state index in [4.69, 9.17) is 5.11 Å². The minimum atomic E-state index is -0.849. The predicted octanol–water partition coefficient (Wildman–Crippen LogP) is 1.27. The Kier molecular flexibility index (Phi) is 3.56. The molecule has 17 heavy (non-hydrogen) atoms. The molecule has 0 atom stereocenters. The van der Waals surface area contributed by atoms with E-state index in [1.165, 1.54) is 12.8 Å². The minimum absolute atomic E-state index is 0.0314. The molecule has 0 saturated carbocycles. The number of carboxylic acid groups (broad SMARTS) is 1. The summed E-state index contributed by atoms with van der Waals surface area (Å²) in [5.41, 5.74) is 0.603. The average molecular weight is 235 g/mol. The standard InChI is InChI=1S/C12H17N3O2/c1-2-10-13-9(8-12(16)17)7-11(14-10)15-5-3-4-6-15/h7H,2-6,8H2,1H3,(H,16,17). The molecule has 0 aliphatic carbocycles. The molecule has 1 aromatic rings. The maximum atomic E-state index is 10.7. The van der Waals surface area contributed by atoms with E-state index in [0.29, 0.717) is 5.69 Å². The van der Waals surface area contributed by atoms with Gasteiger partial charge in [-0.1, -0.05) is 6.92 Å². The predicted molar refractivity (Wildman–Crippen MR) is 64.2 cm³/mol. The SMILES string of the molecule is CCc1nc(CC(=O)O)cc(N2CCCC2)n1. The first-order valence-electron chi connectivity index (χ1n) is 6.02. The zero-order chi connectivity index (χ0) is 12.3. The molecule has 0 spiro atoms. The van der Waals surface area contributed by atoms with Crippen molar-refractivity contribution in [1.29, 1.82) is 0 Å². The monoisotopic (exact) mass is 235 g/mol. The van der Waals surface area contributed by atoms with E-state index in [0.717, 1.165) is 31.2 Å². The van der Waals surface area contributed by atoms with E-state index < -0.39 is 5.97 Å². The van der Waals surface area contributed by atoms with Crippen molar-refractivity contribution in [3.63, 3.8) is 0 Å². The first kappa shape index (κ1) is 11.8. The zero-order valence-electron chi connectivity index (χ0n) is 10.0. The van der Waals surface area contributed by atoms with Gasteiger partial charge in [0.2, 0.25) is 0 Å². The Balaban J connectivity index is 2.27. The van der Waals surface area contributed by atoms with Gasteiger partial charge in [0, 0.05) is 25.6 Å². The summed E-state index contributed by atoms with van der Waals surface area (Å²) in [5.74, 6) is 0.759. The van der Waals surface area contributed by atoms with E-state index in [1.54, 1.807) is 6.07 Å². The van der Waals surface area contributed by atoms with Gasteiger partial charge < -0.3 is 10.0 Å². The molecule has 1 fully saturated rings. The van der Waals surface area contributed by atoms with E-state index >= 15 is 0 Å². The second-order valence-corrected chi connectivity index (χ2v) is 4.25. The van der Waals surface area contributed by atoms with Crippen LogP contribution in [-0.2, 0) is 17.6 Å². The normalized spacial score (nSPS) is 15.2. The van der Waals surface area contributed by atoms with Crippen molar-refractivity contribution >= 4 is 11.8 Å². The van der Waals surface area contributed by atoms with Gasteiger partial charge in [-0.2, -0.15) is 0 Å². The number of carboxylic acids is 1. The summed E-state index contributed by atoms with van der Waals surface area (Å²) < 4.78 is 0. The fourth-order valence-electron chi connectivity index (χ4n) is 2.05. The van der Waals surface area contributed by atoms with Crippen LogP contribution in [0.25, 0.3) is 0 Å². The molecule has 0 radical (unpaired) electrons. The number of aromatic nitrogens is 2. The maximum Gasteiger partial charge on any atom is 0.309 e. The van der Waals surface area contributed by atoms with Crippen molar-refractivity contribution in [3.05, 3.63) is 17.6 Å². The summed E-state index contributed by atoms with van der Waals surface area (Å²) >= 11 is 0. The molecule has 1 saturated heterocycles. The molecule has 0 amide bonds. The fourth-order valence-corrected chi connectivity index (χ4v) is 2.05. The van der Waals surface area contributed by atoms with Gasteiger partial charge in [0.05, 0.1) is 12.1 Å². The molecular formula is C12H17N3O2. The van der Waals surface area contributed by atoms with Gasteiger partial charge in [-0.25, -0.2) is 9.97 Å². The maximum absolute atomic E-state index is 10.7. The molecule has 92 valence electrons. The van der Waals surface area contributed by atoms with Crippen LogP contribution in [-0.4, -0.2) is 34.1 Å². The second kappa shape index (κ2) is 5.12. The lowest BCUT2D eigenvalue weighted by Gasteiger charge is -2.17. The smallest absolute Gasteiger partial charge is 0.309 e. The van der Waals surface area contributed by atoms with Gasteiger partial charge in [0.25, 0.3) is 0 Å². The molecule has 1 aliphatic rings. The Morgan fingerprint density at radius 2 is 2.12 bits per heavy atom. The Bertz CT molecular complexity index is 414. The minimum Gasteiger partial charge on any atom is -0.481 e. The van der Waals surface area contributed by atoms with Crippen LogP contribution in [0.4, 0.5) is 5.82 Å². The summed E-state index contributed by atoms with van der Waals surface area (Å²) in [4.78, 5) is 21.6. The van der Waals surface area contributed by atoms with Crippen molar-refractivity contribution < 1.29 is 9.90 Å². The molecule has 2 heterocycles. The van der Waals surface area contributed by atoms with Crippen LogP contribution in [0, 0.1) is 0 Å². The molecule has 0 bridgehead atoms. The average Bonchev–Trinajstić information content (AvgIpc) is 2.81. The Morgan fingerprint density at radius 3 is 2.71 bits per heavy atom. The third kappa shape index (κ3) is 2.93. The van der Waals surface area contributed by atoms with Crippen molar-refractivity contribution in [2.75, 3.05) is 18.0 Å². The van der Waals surface area contributed by atoms with Gasteiger partial charge in [-0.3, -0.25) is 4.79 Å². The lowest BCUT2D eigenvalue weighted by atomic mass is 10.2. The van der Waals surface area contributed by atoms with E-state index in [9.17, 15) is 4.79 Å². The summed E-state index contributed by atoms with van der Waals surface area (Å²) in [6.45, 7) is 3.99. The molecule has 0 aromatic carbocycles. The third-order valence-electron chi connectivity index (χ3n) is 2.89. The van der Waals surface area contributed by atoms with Crippen LogP contribution in [0.2, 0.25) is 0 Å². The number of anilines is 1. The van der Waals surface area contributed by atoms with Gasteiger partial charge in [0.15, 0.2) is 0 Å². The van der Waals surface area contributed by atoms with Crippen LogP contribution in [0.5, 0.6) is 0 Å². The Labute approximate surface area is 100 Å². The summed E-state index contributed by atoms with van der Waals surface area (Å²) in [6.07, 6.45) is 3.06. The highest BCUT2D eigenvalue weighted by molar-refractivity contribution is 5.69. The molecule has 5 nitrogen and oxygen atoms in total. The van der Waals surface area contributed by atoms with Gasteiger partial charge in [-0.15, -0.1) is 0 Å². The first-order chi connectivity index (χ1) is 8.19. The highest BCUT2D eigenvalue weighted by atomic mass is 16.4. The van der Waals surface area contributed by atoms with Crippen LogP contribution in [0.15, 0.2) is 6.07 Å². The number of nitrogens with zero attached hydrogens (tertiary/aromatic N) is 3. The summed E-state index contributed by atoms with van der Waals surface area (Å²) in [5, 5.41) is 8.81. The highest BCUT2D eigenvalue weighted by Crippen LogP contribution is 2.19. The summed E-state index contributed by atoms with van der Waals surface area (Å²) in [7, 11) is 0. The van der Waals surface area contributed by atoms with Crippen molar-refractivity contribution in [2.24, 2.45) is 0 Å².